The third-order valence-electron chi connectivity index (χ3n) is 4.47. The van der Waals surface area contributed by atoms with Gasteiger partial charge in [0.2, 0.25) is 0 Å². The molecule has 23 heavy (non-hydrogen) atoms. The summed E-state index contributed by atoms with van der Waals surface area (Å²) in [6.45, 7) is 1.81. The summed E-state index contributed by atoms with van der Waals surface area (Å²) >= 11 is 0. The van der Waals surface area contributed by atoms with Crippen LogP contribution in [0.5, 0.6) is 0 Å². The summed E-state index contributed by atoms with van der Waals surface area (Å²) < 4.78 is 39.5. The number of benzene rings is 1. The molecule has 0 spiro atoms. The Kier molecular flexibility index (Phi) is 5.57. The van der Waals surface area contributed by atoms with Crippen molar-refractivity contribution in [2.24, 2.45) is 0 Å². The van der Waals surface area contributed by atoms with Crippen LogP contribution in [0.3, 0.4) is 0 Å². The van der Waals surface area contributed by atoms with Crippen LogP contribution in [0.4, 0.5) is 13.2 Å². The van der Waals surface area contributed by atoms with Gasteiger partial charge in [-0.25, -0.2) is 13.2 Å². The monoisotopic (exact) mass is 348 g/mol. The van der Waals surface area contributed by atoms with E-state index in [2.05, 4.69) is 10.6 Å². The van der Waals surface area contributed by atoms with Crippen molar-refractivity contribution in [1.29, 1.82) is 0 Å². The zero-order valence-electron chi connectivity index (χ0n) is 12.6. The number of hydrogen-bond acceptors (Lipinski definition) is 2. The number of carbonyl (C=O) groups is 1. The van der Waals surface area contributed by atoms with Crippen LogP contribution in [0, 0.1) is 5.82 Å². The van der Waals surface area contributed by atoms with Crippen molar-refractivity contribution < 1.29 is 18.0 Å². The van der Waals surface area contributed by atoms with E-state index in [4.69, 9.17) is 0 Å². The second-order valence-corrected chi connectivity index (χ2v) is 6.20. The van der Waals surface area contributed by atoms with Crippen LogP contribution >= 0.6 is 12.4 Å². The molecular weight excluding hydrogens is 329 g/mol. The molecule has 0 unspecified atom stereocenters. The van der Waals surface area contributed by atoms with Crippen molar-refractivity contribution >= 4 is 18.3 Å². The molecule has 0 atom stereocenters. The standard InChI is InChI=1S/C16H19F3N2O.ClH/c17-14-2-1-11(10-3-5-20-6-4-10)7-13(14)15(22)21-12-8-16(18,19)9-12;/h1-2,7,10,12,20H,3-6,8-9H2,(H,21,22);1H. The quantitative estimate of drug-likeness (QED) is 0.880. The number of piperidine rings is 1. The molecule has 1 heterocycles. The molecule has 3 rings (SSSR count). The molecule has 0 bridgehead atoms. The minimum atomic E-state index is -2.70. The molecule has 1 amide bonds. The van der Waals surface area contributed by atoms with Gasteiger partial charge in [0.15, 0.2) is 0 Å². The van der Waals surface area contributed by atoms with E-state index < -0.39 is 23.7 Å². The molecule has 1 aromatic rings. The average Bonchev–Trinajstić information content (AvgIpc) is 2.46. The lowest BCUT2D eigenvalue weighted by Gasteiger charge is -2.35. The molecule has 3 nitrogen and oxygen atoms in total. The van der Waals surface area contributed by atoms with Crippen LogP contribution in [0.25, 0.3) is 0 Å². The maximum Gasteiger partial charge on any atom is 0.254 e. The van der Waals surface area contributed by atoms with Gasteiger partial charge in [0.25, 0.3) is 11.8 Å². The molecule has 2 aliphatic rings. The van der Waals surface area contributed by atoms with Gasteiger partial charge in [-0.2, -0.15) is 0 Å². The molecular formula is C16H20ClF3N2O. The van der Waals surface area contributed by atoms with E-state index >= 15 is 0 Å². The van der Waals surface area contributed by atoms with Crippen molar-refractivity contribution in [1.82, 2.24) is 10.6 Å². The first-order valence-electron chi connectivity index (χ1n) is 7.63. The molecule has 1 aromatic carbocycles. The highest BCUT2D eigenvalue weighted by molar-refractivity contribution is 5.95. The third-order valence-corrected chi connectivity index (χ3v) is 4.47. The van der Waals surface area contributed by atoms with Crippen LogP contribution in [-0.2, 0) is 0 Å². The van der Waals surface area contributed by atoms with E-state index in [-0.39, 0.29) is 30.8 Å². The number of rotatable bonds is 3. The molecule has 1 aliphatic carbocycles. The topological polar surface area (TPSA) is 41.1 Å². The largest absolute Gasteiger partial charge is 0.349 e. The van der Waals surface area contributed by atoms with E-state index in [1.165, 1.54) is 6.07 Å². The van der Waals surface area contributed by atoms with Gasteiger partial charge in [-0.05, 0) is 49.5 Å². The fourth-order valence-electron chi connectivity index (χ4n) is 3.15. The number of nitrogens with one attached hydrogen (secondary N) is 2. The molecule has 128 valence electrons. The highest BCUT2D eigenvalue weighted by Gasteiger charge is 2.46. The molecule has 1 aliphatic heterocycles. The van der Waals surface area contributed by atoms with E-state index in [1.807, 2.05) is 0 Å². The molecule has 0 aromatic heterocycles. The Hall–Kier alpha value is -1.27. The van der Waals surface area contributed by atoms with Crippen molar-refractivity contribution in [2.75, 3.05) is 13.1 Å². The van der Waals surface area contributed by atoms with E-state index in [9.17, 15) is 18.0 Å². The first-order valence-corrected chi connectivity index (χ1v) is 7.63. The Morgan fingerprint density at radius 1 is 1.22 bits per heavy atom. The van der Waals surface area contributed by atoms with Crippen LogP contribution < -0.4 is 10.6 Å². The lowest BCUT2D eigenvalue weighted by Crippen LogP contribution is -2.50. The molecule has 1 saturated heterocycles. The first-order chi connectivity index (χ1) is 10.4. The van der Waals surface area contributed by atoms with Crippen LogP contribution in [-0.4, -0.2) is 31.0 Å². The summed E-state index contributed by atoms with van der Waals surface area (Å²) in [7, 11) is 0. The van der Waals surface area contributed by atoms with Crippen molar-refractivity contribution in [2.45, 2.75) is 43.6 Å². The molecule has 2 fully saturated rings. The summed E-state index contributed by atoms with van der Waals surface area (Å²) in [5.41, 5.74) is 0.887. The van der Waals surface area contributed by atoms with Crippen LogP contribution in [0.1, 0.15) is 47.5 Å². The minimum absolute atomic E-state index is 0. The Bertz CT molecular complexity index is 568. The van der Waals surface area contributed by atoms with E-state index in [0.717, 1.165) is 31.5 Å². The number of carbonyl (C=O) groups excluding carboxylic acids is 1. The maximum absolute atomic E-state index is 13.9. The van der Waals surface area contributed by atoms with E-state index in [0.29, 0.717) is 5.92 Å². The number of hydrogen-bond donors (Lipinski definition) is 2. The zero-order valence-corrected chi connectivity index (χ0v) is 13.4. The lowest BCUT2D eigenvalue weighted by atomic mass is 9.87. The number of amides is 1. The Labute approximate surface area is 139 Å². The van der Waals surface area contributed by atoms with Gasteiger partial charge in [0.05, 0.1) is 5.56 Å². The van der Waals surface area contributed by atoms with Gasteiger partial charge in [0.1, 0.15) is 5.82 Å². The Morgan fingerprint density at radius 2 is 1.87 bits per heavy atom. The fraction of sp³-hybridized carbons (Fsp3) is 0.562. The van der Waals surface area contributed by atoms with Crippen LogP contribution in [0.15, 0.2) is 18.2 Å². The summed E-state index contributed by atoms with van der Waals surface area (Å²) in [6, 6.07) is 4.00. The predicted octanol–water partition coefficient (Wildman–Crippen LogP) is 3.24. The SMILES string of the molecule is Cl.O=C(NC1CC(F)(F)C1)c1cc(C2CCNCC2)ccc1F. The molecule has 7 heteroatoms. The Morgan fingerprint density at radius 3 is 2.48 bits per heavy atom. The normalized spacial score (nSPS) is 21.2. The van der Waals surface area contributed by atoms with Gasteiger partial charge < -0.3 is 10.6 Å². The smallest absolute Gasteiger partial charge is 0.254 e. The number of alkyl halides is 2. The second-order valence-electron chi connectivity index (χ2n) is 6.20. The highest BCUT2D eigenvalue weighted by atomic mass is 35.5. The van der Waals surface area contributed by atoms with Gasteiger partial charge in [-0.15, -0.1) is 12.4 Å². The predicted molar refractivity (Wildman–Crippen MR) is 83.9 cm³/mol. The summed E-state index contributed by atoms with van der Waals surface area (Å²) in [4.78, 5) is 12.1. The van der Waals surface area contributed by atoms with Gasteiger partial charge in [0, 0.05) is 18.9 Å². The average molecular weight is 349 g/mol. The fourth-order valence-corrected chi connectivity index (χ4v) is 3.15. The van der Waals surface area contributed by atoms with Gasteiger partial charge in [-0.1, -0.05) is 6.07 Å². The zero-order chi connectivity index (χ0) is 15.7. The lowest BCUT2D eigenvalue weighted by molar-refractivity contribution is -0.0901. The number of halogens is 4. The first kappa shape index (κ1) is 18.1. The molecule has 0 radical (unpaired) electrons. The Balaban J connectivity index is 0.00000192. The molecule has 2 N–H and O–H groups in total. The summed E-state index contributed by atoms with van der Waals surface area (Å²) in [6.07, 6.45) is 1.16. The third kappa shape index (κ3) is 4.18. The second kappa shape index (κ2) is 7.09. The maximum atomic E-state index is 13.9. The van der Waals surface area contributed by atoms with Crippen molar-refractivity contribution in [3.8, 4) is 0 Å². The van der Waals surface area contributed by atoms with Crippen molar-refractivity contribution in [3.63, 3.8) is 0 Å². The van der Waals surface area contributed by atoms with Gasteiger partial charge in [-0.3, -0.25) is 4.79 Å². The minimum Gasteiger partial charge on any atom is -0.349 e. The summed E-state index contributed by atoms with van der Waals surface area (Å²) in [5.74, 6) is -3.61. The van der Waals surface area contributed by atoms with E-state index in [1.54, 1.807) is 12.1 Å². The van der Waals surface area contributed by atoms with Crippen LogP contribution in [0.2, 0.25) is 0 Å². The van der Waals surface area contributed by atoms with Crippen molar-refractivity contribution in [3.05, 3.63) is 35.1 Å². The highest BCUT2D eigenvalue weighted by Crippen LogP contribution is 2.37. The molecule has 1 saturated carbocycles. The summed E-state index contributed by atoms with van der Waals surface area (Å²) in [5, 5.41) is 5.75. The van der Waals surface area contributed by atoms with Gasteiger partial charge >= 0.3 is 0 Å².